The second-order valence-corrected chi connectivity index (χ2v) is 5.94. The van der Waals surface area contributed by atoms with Gasteiger partial charge in [-0.3, -0.25) is 4.79 Å². The van der Waals surface area contributed by atoms with Crippen LogP contribution in [0.2, 0.25) is 0 Å². The third-order valence-corrected chi connectivity index (χ3v) is 4.01. The van der Waals surface area contributed by atoms with Crippen molar-refractivity contribution in [2.45, 2.75) is 13.3 Å². The SMILES string of the molecule is COc1ccc(/C=N\NC(=O)Cc2csc(C)n2)c(C(=O)[O-])c1OC. The smallest absolute Gasteiger partial charge is 0.246 e. The van der Waals surface area contributed by atoms with Crippen molar-refractivity contribution in [2.24, 2.45) is 5.10 Å². The van der Waals surface area contributed by atoms with Crippen LogP contribution in [-0.2, 0) is 11.2 Å². The van der Waals surface area contributed by atoms with Crippen LogP contribution >= 0.6 is 11.3 Å². The van der Waals surface area contributed by atoms with Crippen molar-refractivity contribution in [3.05, 3.63) is 39.3 Å². The largest absolute Gasteiger partial charge is 0.545 e. The van der Waals surface area contributed by atoms with Gasteiger partial charge in [0.1, 0.15) is 0 Å². The predicted octanol–water partition coefficient (Wildman–Crippen LogP) is 0.525. The van der Waals surface area contributed by atoms with Gasteiger partial charge in [-0.15, -0.1) is 11.3 Å². The number of carboxylic acids is 1. The minimum absolute atomic E-state index is 0.0238. The molecule has 2 aromatic rings. The van der Waals surface area contributed by atoms with E-state index >= 15 is 0 Å². The van der Waals surface area contributed by atoms with Crippen molar-refractivity contribution in [1.82, 2.24) is 10.4 Å². The van der Waals surface area contributed by atoms with Gasteiger partial charge >= 0.3 is 0 Å². The molecule has 0 radical (unpaired) electrons. The molecular weight excluding hydrogens is 346 g/mol. The third kappa shape index (κ3) is 4.54. The van der Waals surface area contributed by atoms with Gasteiger partial charge in [-0.25, -0.2) is 10.4 Å². The highest BCUT2D eigenvalue weighted by atomic mass is 32.1. The molecule has 1 aromatic heterocycles. The molecule has 25 heavy (non-hydrogen) atoms. The molecule has 2 rings (SSSR count). The highest BCUT2D eigenvalue weighted by molar-refractivity contribution is 7.09. The number of carbonyl (C=O) groups is 2. The maximum absolute atomic E-state index is 11.8. The van der Waals surface area contributed by atoms with E-state index in [9.17, 15) is 14.7 Å². The van der Waals surface area contributed by atoms with Gasteiger partial charge in [0, 0.05) is 10.9 Å². The zero-order valence-corrected chi connectivity index (χ0v) is 14.7. The Labute approximate surface area is 148 Å². The molecule has 1 N–H and O–H groups in total. The Bertz CT molecular complexity index is 816. The molecule has 132 valence electrons. The van der Waals surface area contributed by atoms with Gasteiger partial charge in [-0.1, -0.05) is 0 Å². The lowest BCUT2D eigenvalue weighted by atomic mass is 10.1. The summed E-state index contributed by atoms with van der Waals surface area (Å²) >= 11 is 1.45. The van der Waals surface area contributed by atoms with Crippen molar-refractivity contribution >= 4 is 29.4 Å². The minimum Gasteiger partial charge on any atom is -0.545 e. The predicted molar refractivity (Wildman–Crippen MR) is 90.2 cm³/mol. The van der Waals surface area contributed by atoms with Crippen LogP contribution < -0.4 is 20.0 Å². The van der Waals surface area contributed by atoms with Crippen molar-refractivity contribution in [1.29, 1.82) is 0 Å². The number of rotatable bonds is 7. The number of methoxy groups -OCH3 is 2. The van der Waals surface area contributed by atoms with E-state index in [1.165, 1.54) is 43.9 Å². The van der Waals surface area contributed by atoms with Crippen molar-refractivity contribution < 1.29 is 24.2 Å². The Hall–Kier alpha value is -2.94. The molecule has 0 unspecified atom stereocenters. The van der Waals surface area contributed by atoms with Crippen LogP contribution in [0.25, 0.3) is 0 Å². The van der Waals surface area contributed by atoms with Gasteiger partial charge < -0.3 is 19.4 Å². The number of hydrogen-bond acceptors (Lipinski definition) is 8. The number of aryl methyl sites for hydroxylation is 1. The molecule has 1 heterocycles. The Morgan fingerprint density at radius 3 is 2.68 bits per heavy atom. The molecule has 0 fully saturated rings. The van der Waals surface area contributed by atoms with Crippen LogP contribution in [0.1, 0.15) is 26.6 Å². The molecule has 0 aliphatic rings. The minimum atomic E-state index is -1.44. The number of nitrogens with one attached hydrogen (secondary N) is 1. The van der Waals surface area contributed by atoms with Crippen LogP contribution in [0.4, 0.5) is 0 Å². The lowest BCUT2D eigenvalue weighted by molar-refractivity contribution is -0.255. The maximum Gasteiger partial charge on any atom is 0.246 e. The van der Waals surface area contributed by atoms with Gasteiger partial charge in [-0.2, -0.15) is 5.10 Å². The number of carbonyl (C=O) groups excluding carboxylic acids is 2. The summed E-state index contributed by atoms with van der Waals surface area (Å²) in [5.41, 5.74) is 2.98. The van der Waals surface area contributed by atoms with Crippen LogP contribution in [0.15, 0.2) is 22.6 Å². The highest BCUT2D eigenvalue weighted by Gasteiger charge is 2.15. The normalized spacial score (nSPS) is 10.7. The fourth-order valence-corrected chi connectivity index (χ4v) is 2.74. The average molecular weight is 362 g/mol. The molecule has 0 bridgehead atoms. The Morgan fingerprint density at radius 1 is 1.36 bits per heavy atom. The number of ether oxygens (including phenoxy) is 2. The van der Waals surface area contributed by atoms with E-state index in [-0.39, 0.29) is 35.0 Å². The van der Waals surface area contributed by atoms with E-state index in [4.69, 9.17) is 9.47 Å². The van der Waals surface area contributed by atoms with Crippen molar-refractivity contribution in [2.75, 3.05) is 14.2 Å². The number of benzene rings is 1. The summed E-state index contributed by atoms with van der Waals surface area (Å²) in [7, 11) is 2.72. The molecule has 0 aliphatic heterocycles. The third-order valence-electron chi connectivity index (χ3n) is 3.18. The van der Waals surface area contributed by atoms with Crippen molar-refractivity contribution in [3.63, 3.8) is 0 Å². The molecule has 9 heteroatoms. The number of amides is 1. The number of aromatic carboxylic acids is 1. The first-order chi connectivity index (χ1) is 12.0. The second-order valence-electron chi connectivity index (χ2n) is 4.88. The number of carboxylic acid groups (broad SMARTS) is 1. The van der Waals surface area contributed by atoms with E-state index in [1.807, 2.05) is 6.92 Å². The molecule has 1 aromatic carbocycles. The monoisotopic (exact) mass is 362 g/mol. The maximum atomic E-state index is 11.8. The average Bonchev–Trinajstić information content (AvgIpc) is 2.98. The standard InChI is InChI=1S/C16H17N3O5S/c1-9-18-11(8-25-9)6-13(20)19-17-7-10-4-5-12(23-2)15(24-3)14(10)16(21)22/h4-5,7-8H,6H2,1-3H3,(H,19,20)(H,21,22)/p-1/b17-7-. The van der Waals surface area contributed by atoms with Crippen LogP contribution in [0, 0.1) is 6.92 Å². The van der Waals surface area contributed by atoms with Gasteiger partial charge in [0.15, 0.2) is 11.5 Å². The summed E-state index contributed by atoms with van der Waals surface area (Å²) in [6.45, 7) is 1.85. The zero-order valence-electron chi connectivity index (χ0n) is 13.9. The lowest BCUT2D eigenvalue weighted by Gasteiger charge is -2.15. The first-order valence-corrected chi connectivity index (χ1v) is 8.03. The lowest BCUT2D eigenvalue weighted by Crippen LogP contribution is -2.25. The number of nitrogens with zero attached hydrogens (tertiary/aromatic N) is 2. The topological polar surface area (TPSA) is 113 Å². The van der Waals surface area contributed by atoms with Crippen LogP contribution in [0.3, 0.4) is 0 Å². The molecule has 1 amide bonds. The fourth-order valence-electron chi connectivity index (χ4n) is 2.13. The van der Waals surface area contributed by atoms with E-state index in [0.29, 0.717) is 5.69 Å². The summed E-state index contributed by atoms with van der Waals surface area (Å²) in [4.78, 5) is 27.4. The first kappa shape index (κ1) is 18.4. The first-order valence-electron chi connectivity index (χ1n) is 7.15. The Kier molecular flexibility index (Phi) is 6.07. The highest BCUT2D eigenvalue weighted by Crippen LogP contribution is 2.32. The number of aromatic nitrogens is 1. The van der Waals surface area contributed by atoms with E-state index < -0.39 is 5.97 Å². The van der Waals surface area contributed by atoms with Gasteiger partial charge in [-0.05, 0) is 19.1 Å². The van der Waals surface area contributed by atoms with E-state index in [0.717, 1.165) is 5.01 Å². The fraction of sp³-hybridized carbons (Fsp3) is 0.250. The summed E-state index contributed by atoms with van der Waals surface area (Å²) in [6, 6.07) is 3.01. The van der Waals surface area contributed by atoms with Gasteiger partial charge in [0.25, 0.3) is 0 Å². The summed E-state index contributed by atoms with van der Waals surface area (Å²) in [6.07, 6.45) is 1.29. The molecule has 0 saturated heterocycles. The quantitative estimate of drug-likeness (QED) is 0.568. The summed E-state index contributed by atoms with van der Waals surface area (Å²) < 4.78 is 10.1. The van der Waals surface area contributed by atoms with E-state index in [1.54, 1.807) is 5.38 Å². The van der Waals surface area contributed by atoms with Crippen LogP contribution in [0.5, 0.6) is 11.5 Å². The second kappa shape index (κ2) is 8.25. The van der Waals surface area contributed by atoms with Gasteiger partial charge in [0.05, 0.1) is 49.1 Å². The number of hydrogen-bond donors (Lipinski definition) is 1. The van der Waals surface area contributed by atoms with Crippen LogP contribution in [-0.4, -0.2) is 37.3 Å². The van der Waals surface area contributed by atoms with Crippen molar-refractivity contribution in [3.8, 4) is 11.5 Å². The molecular formula is C16H16N3O5S-. The molecule has 0 spiro atoms. The van der Waals surface area contributed by atoms with E-state index in [2.05, 4.69) is 15.5 Å². The molecule has 0 atom stereocenters. The Balaban J connectivity index is 2.14. The zero-order chi connectivity index (χ0) is 18.4. The molecule has 0 saturated carbocycles. The summed E-state index contributed by atoms with van der Waals surface area (Å²) in [5.74, 6) is -1.53. The van der Waals surface area contributed by atoms with Gasteiger partial charge in [0.2, 0.25) is 5.91 Å². The molecule has 8 nitrogen and oxygen atoms in total. The molecule has 0 aliphatic carbocycles. The number of hydrazone groups is 1. The Morgan fingerprint density at radius 2 is 2.12 bits per heavy atom. The number of thiazole rings is 1. The summed E-state index contributed by atoms with van der Waals surface area (Å²) in [5, 5.41) is 17.9.